The van der Waals surface area contributed by atoms with Crippen LogP contribution >= 0.6 is 0 Å². The molecule has 0 bridgehead atoms. The first-order chi connectivity index (χ1) is 13.5. The quantitative estimate of drug-likeness (QED) is 0.834. The van der Waals surface area contributed by atoms with E-state index in [1.54, 1.807) is 30.0 Å². The van der Waals surface area contributed by atoms with Gasteiger partial charge in [0.15, 0.2) is 0 Å². The molecule has 0 saturated carbocycles. The zero-order chi connectivity index (χ0) is 20.1. The van der Waals surface area contributed by atoms with Gasteiger partial charge in [-0.1, -0.05) is 24.3 Å². The lowest BCUT2D eigenvalue weighted by Crippen LogP contribution is -2.42. The van der Waals surface area contributed by atoms with Crippen LogP contribution in [-0.2, 0) is 17.9 Å². The average molecular weight is 383 g/mol. The van der Waals surface area contributed by atoms with Crippen LogP contribution in [-0.4, -0.2) is 29.8 Å². The van der Waals surface area contributed by atoms with Crippen LogP contribution in [0.1, 0.15) is 39.9 Å². The maximum atomic E-state index is 13.6. The van der Waals surface area contributed by atoms with Crippen molar-refractivity contribution < 1.29 is 14.0 Å². The summed E-state index contributed by atoms with van der Waals surface area (Å²) in [5.74, 6) is -0.449. The van der Waals surface area contributed by atoms with Gasteiger partial charge in [-0.3, -0.25) is 9.59 Å². The first kappa shape index (κ1) is 20.0. The van der Waals surface area contributed by atoms with Gasteiger partial charge in [0.2, 0.25) is 5.91 Å². The molecule has 0 aliphatic carbocycles. The number of nitrogens with zero attached hydrogens (tertiary/aromatic N) is 1. The van der Waals surface area contributed by atoms with E-state index in [-0.39, 0.29) is 23.5 Å². The van der Waals surface area contributed by atoms with Gasteiger partial charge < -0.3 is 16.0 Å². The van der Waals surface area contributed by atoms with E-state index in [1.165, 1.54) is 6.07 Å². The van der Waals surface area contributed by atoms with E-state index >= 15 is 0 Å². The van der Waals surface area contributed by atoms with Crippen LogP contribution in [0.3, 0.4) is 0 Å². The molecule has 6 heteroatoms. The van der Waals surface area contributed by atoms with Crippen molar-refractivity contribution in [2.45, 2.75) is 32.9 Å². The second kappa shape index (κ2) is 8.97. The Bertz CT molecular complexity index is 843. The summed E-state index contributed by atoms with van der Waals surface area (Å²) in [4.78, 5) is 26.8. The van der Waals surface area contributed by atoms with Crippen LogP contribution in [0, 0.1) is 18.7 Å². The largest absolute Gasteiger partial charge is 0.352 e. The zero-order valence-electron chi connectivity index (χ0n) is 16.1. The van der Waals surface area contributed by atoms with Gasteiger partial charge >= 0.3 is 0 Å². The van der Waals surface area contributed by atoms with Gasteiger partial charge in [-0.2, -0.15) is 0 Å². The van der Waals surface area contributed by atoms with Crippen molar-refractivity contribution in [2.75, 3.05) is 13.1 Å². The molecule has 0 radical (unpaired) electrons. The second-order valence-electron chi connectivity index (χ2n) is 7.27. The lowest BCUT2D eigenvalue weighted by molar-refractivity contribution is -0.126. The fourth-order valence-corrected chi connectivity index (χ4v) is 3.39. The first-order valence-electron chi connectivity index (χ1n) is 9.59. The fraction of sp³-hybridized carbons (Fsp3) is 0.364. The highest BCUT2D eigenvalue weighted by molar-refractivity contribution is 5.94. The van der Waals surface area contributed by atoms with E-state index in [4.69, 9.17) is 5.73 Å². The number of aryl methyl sites for hydroxylation is 1. The van der Waals surface area contributed by atoms with E-state index in [0.29, 0.717) is 50.1 Å². The van der Waals surface area contributed by atoms with Crippen molar-refractivity contribution in [3.05, 3.63) is 70.5 Å². The number of nitrogens with two attached hydrogens (primary N) is 1. The fourth-order valence-electron chi connectivity index (χ4n) is 3.39. The third-order valence-electron chi connectivity index (χ3n) is 5.29. The molecule has 1 aliphatic rings. The lowest BCUT2D eigenvalue weighted by Gasteiger charge is -2.31. The standard InChI is InChI=1S/C22H26FN3O2/c1-15-2-3-17(12-20(15)23)14-25-21(27)18-8-10-26(11-9-18)22(28)19-6-4-16(13-24)5-7-19/h2-7,12,18H,8-11,13-14,24H2,1H3,(H,25,27). The molecule has 2 aromatic rings. The number of carbonyl (C=O) groups is 2. The lowest BCUT2D eigenvalue weighted by atomic mass is 9.95. The second-order valence-corrected chi connectivity index (χ2v) is 7.27. The van der Waals surface area contributed by atoms with Crippen LogP contribution < -0.4 is 11.1 Å². The molecule has 0 unspecified atom stereocenters. The summed E-state index contributed by atoms with van der Waals surface area (Å²) in [5.41, 5.74) is 8.54. The minimum absolute atomic E-state index is 0.0161. The molecule has 1 saturated heterocycles. The molecule has 0 aromatic heterocycles. The Morgan fingerprint density at radius 2 is 1.75 bits per heavy atom. The van der Waals surface area contributed by atoms with Crippen LogP contribution in [0.4, 0.5) is 4.39 Å². The van der Waals surface area contributed by atoms with Crippen LogP contribution in [0.2, 0.25) is 0 Å². The summed E-state index contributed by atoms with van der Waals surface area (Å²) in [7, 11) is 0. The number of piperidine rings is 1. The number of halogens is 1. The summed E-state index contributed by atoms with van der Waals surface area (Å²) in [6.45, 7) is 3.57. The number of amides is 2. The summed E-state index contributed by atoms with van der Waals surface area (Å²) in [5, 5.41) is 2.88. The van der Waals surface area contributed by atoms with E-state index in [1.807, 2.05) is 18.2 Å². The number of hydrogen-bond acceptors (Lipinski definition) is 3. The molecule has 0 atom stereocenters. The Morgan fingerprint density at radius 1 is 1.11 bits per heavy atom. The zero-order valence-corrected chi connectivity index (χ0v) is 16.1. The summed E-state index contributed by atoms with van der Waals surface area (Å²) < 4.78 is 13.6. The number of hydrogen-bond donors (Lipinski definition) is 2. The normalized spacial score (nSPS) is 14.8. The predicted octanol–water partition coefficient (Wildman–Crippen LogP) is 2.76. The van der Waals surface area contributed by atoms with Crippen molar-refractivity contribution in [3.8, 4) is 0 Å². The Kier molecular flexibility index (Phi) is 6.41. The van der Waals surface area contributed by atoms with Crippen molar-refractivity contribution >= 4 is 11.8 Å². The number of carbonyl (C=O) groups excluding carboxylic acids is 2. The minimum atomic E-state index is -0.266. The highest BCUT2D eigenvalue weighted by Crippen LogP contribution is 2.20. The number of likely N-dealkylation sites (tertiary alicyclic amines) is 1. The van der Waals surface area contributed by atoms with E-state index < -0.39 is 0 Å². The molecule has 28 heavy (non-hydrogen) atoms. The molecule has 0 spiro atoms. The Labute approximate surface area is 164 Å². The molecule has 5 nitrogen and oxygen atoms in total. The molecule has 3 rings (SSSR count). The summed E-state index contributed by atoms with van der Waals surface area (Å²) in [6.07, 6.45) is 1.25. The maximum absolute atomic E-state index is 13.6. The summed E-state index contributed by atoms with van der Waals surface area (Å²) >= 11 is 0. The average Bonchev–Trinajstić information content (AvgIpc) is 2.74. The van der Waals surface area contributed by atoms with Crippen LogP contribution in [0.25, 0.3) is 0 Å². The Balaban J connectivity index is 1.49. The number of nitrogens with one attached hydrogen (secondary N) is 1. The van der Waals surface area contributed by atoms with Crippen molar-refractivity contribution in [2.24, 2.45) is 11.7 Å². The monoisotopic (exact) mass is 383 g/mol. The predicted molar refractivity (Wildman–Crippen MR) is 106 cm³/mol. The molecule has 2 aromatic carbocycles. The highest BCUT2D eigenvalue weighted by atomic mass is 19.1. The van der Waals surface area contributed by atoms with E-state index in [9.17, 15) is 14.0 Å². The molecule has 2 amide bonds. The smallest absolute Gasteiger partial charge is 0.253 e. The maximum Gasteiger partial charge on any atom is 0.253 e. The van der Waals surface area contributed by atoms with Gasteiger partial charge in [-0.25, -0.2) is 4.39 Å². The van der Waals surface area contributed by atoms with Crippen molar-refractivity contribution in [1.82, 2.24) is 10.2 Å². The van der Waals surface area contributed by atoms with E-state index in [0.717, 1.165) is 11.1 Å². The van der Waals surface area contributed by atoms with Crippen molar-refractivity contribution in [3.63, 3.8) is 0 Å². The van der Waals surface area contributed by atoms with Gasteiger partial charge in [0.1, 0.15) is 5.82 Å². The highest BCUT2D eigenvalue weighted by Gasteiger charge is 2.27. The molecule has 1 fully saturated rings. The molecular formula is C22H26FN3O2. The Hall–Kier alpha value is -2.73. The third kappa shape index (κ3) is 4.75. The van der Waals surface area contributed by atoms with Crippen LogP contribution in [0.5, 0.6) is 0 Å². The SMILES string of the molecule is Cc1ccc(CNC(=O)C2CCN(C(=O)c3ccc(CN)cc3)CC2)cc1F. The number of benzene rings is 2. The van der Waals surface area contributed by atoms with Gasteiger partial charge in [-0.15, -0.1) is 0 Å². The van der Waals surface area contributed by atoms with E-state index in [2.05, 4.69) is 5.32 Å². The van der Waals surface area contributed by atoms with Gasteiger partial charge in [0.05, 0.1) is 0 Å². The van der Waals surface area contributed by atoms with Crippen LogP contribution in [0.15, 0.2) is 42.5 Å². The molecule has 1 aliphatic heterocycles. The number of rotatable bonds is 5. The molecular weight excluding hydrogens is 357 g/mol. The summed E-state index contributed by atoms with van der Waals surface area (Å²) in [6, 6.07) is 12.3. The van der Waals surface area contributed by atoms with Crippen molar-refractivity contribution in [1.29, 1.82) is 0 Å². The van der Waals surface area contributed by atoms with Gasteiger partial charge in [0.25, 0.3) is 5.91 Å². The minimum Gasteiger partial charge on any atom is -0.352 e. The topological polar surface area (TPSA) is 75.4 Å². The molecule has 148 valence electrons. The van der Waals surface area contributed by atoms with Gasteiger partial charge in [0, 0.05) is 37.7 Å². The molecule has 1 heterocycles. The van der Waals surface area contributed by atoms with Gasteiger partial charge in [-0.05, 0) is 54.7 Å². The third-order valence-corrected chi connectivity index (χ3v) is 5.29. The first-order valence-corrected chi connectivity index (χ1v) is 9.59. The molecule has 3 N–H and O–H groups in total. The Morgan fingerprint density at radius 3 is 2.36 bits per heavy atom.